The van der Waals surface area contributed by atoms with Crippen LogP contribution in [0, 0.1) is 6.92 Å². The number of aryl methyl sites for hydroxylation is 3. The number of nitrogens with zero attached hydrogens (tertiary/aromatic N) is 3. The van der Waals surface area contributed by atoms with Crippen molar-refractivity contribution >= 4 is 16.9 Å². The largest absolute Gasteiger partial charge is 0.451 e. The molecule has 0 unspecified atom stereocenters. The molecule has 0 saturated heterocycles. The molecule has 2 heterocycles. The first-order valence-electron chi connectivity index (χ1n) is 8.25. The molecule has 0 atom stereocenters. The summed E-state index contributed by atoms with van der Waals surface area (Å²) >= 11 is 0. The molecule has 0 N–H and O–H groups in total. The lowest BCUT2D eigenvalue weighted by atomic mass is 10.1. The van der Waals surface area contributed by atoms with E-state index in [1.807, 2.05) is 30.8 Å². The minimum absolute atomic E-state index is 0.122. The van der Waals surface area contributed by atoms with E-state index in [1.165, 1.54) is 5.56 Å². The highest BCUT2D eigenvalue weighted by atomic mass is 16.3. The number of rotatable bonds is 5. The highest BCUT2D eigenvalue weighted by Gasteiger charge is 2.22. The Kier molecular flexibility index (Phi) is 4.42. The lowest BCUT2D eigenvalue weighted by Gasteiger charge is -2.15. The standard InChI is InChI=1S/C19H23N3O2/c1-5-6-14-7-8-16-15(11-14)13(2)18(24-16)19(23)22(4)12-17-20-9-10-21(17)3/h7-11H,5-6,12H2,1-4H3. The lowest BCUT2D eigenvalue weighted by Crippen LogP contribution is -2.27. The number of carbonyl (C=O) groups excluding carboxylic acids is 1. The molecule has 0 aliphatic heterocycles. The van der Waals surface area contributed by atoms with Gasteiger partial charge in [-0.05, 0) is 31.0 Å². The predicted molar refractivity (Wildman–Crippen MR) is 94.0 cm³/mol. The van der Waals surface area contributed by atoms with Crippen LogP contribution in [0.2, 0.25) is 0 Å². The highest BCUT2D eigenvalue weighted by molar-refractivity contribution is 5.98. The first kappa shape index (κ1) is 16.3. The van der Waals surface area contributed by atoms with Gasteiger partial charge >= 0.3 is 0 Å². The van der Waals surface area contributed by atoms with Crippen molar-refractivity contribution in [2.24, 2.45) is 7.05 Å². The molecule has 1 amide bonds. The SMILES string of the molecule is CCCc1ccc2oc(C(=O)N(C)Cc3nccn3C)c(C)c2c1. The molecule has 0 saturated carbocycles. The fourth-order valence-electron chi connectivity index (χ4n) is 2.92. The average Bonchev–Trinajstić information content (AvgIpc) is 3.11. The molecule has 1 aromatic carbocycles. The molecule has 0 bridgehead atoms. The predicted octanol–water partition coefficient (Wildman–Crippen LogP) is 3.70. The Hall–Kier alpha value is -2.56. The van der Waals surface area contributed by atoms with E-state index in [-0.39, 0.29) is 5.91 Å². The van der Waals surface area contributed by atoms with Gasteiger partial charge in [0.1, 0.15) is 11.4 Å². The number of aromatic nitrogens is 2. The van der Waals surface area contributed by atoms with Gasteiger partial charge in [-0.1, -0.05) is 19.4 Å². The van der Waals surface area contributed by atoms with Gasteiger partial charge in [-0.15, -0.1) is 0 Å². The van der Waals surface area contributed by atoms with E-state index in [9.17, 15) is 4.79 Å². The van der Waals surface area contributed by atoms with Gasteiger partial charge in [-0.2, -0.15) is 0 Å². The van der Waals surface area contributed by atoms with Crippen LogP contribution in [0.1, 0.15) is 40.9 Å². The zero-order valence-electron chi connectivity index (χ0n) is 14.7. The van der Waals surface area contributed by atoms with E-state index in [0.29, 0.717) is 12.3 Å². The Balaban J connectivity index is 1.89. The van der Waals surface area contributed by atoms with Crippen LogP contribution in [0.25, 0.3) is 11.0 Å². The van der Waals surface area contributed by atoms with E-state index in [2.05, 4.69) is 24.0 Å². The summed E-state index contributed by atoms with van der Waals surface area (Å²) in [6.07, 6.45) is 5.73. The zero-order valence-corrected chi connectivity index (χ0v) is 14.7. The first-order valence-corrected chi connectivity index (χ1v) is 8.25. The third kappa shape index (κ3) is 2.94. The minimum Gasteiger partial charge on any atom is -0.451 e. The van der Waals surface area contributed by atoms with E-state index in [4.69, 9.17) is 4.42 Å². The lowest BCUT2D eigenvalue weighted by molar-refractivity contribution is 0.0750. The zero-order chi connectivity index (χ0) is 17.3. The molecule has 5 heteroatoms. The van der Waals surface area contributed by atoms with Gasteiger partial charge < -0.3 is 13.9 Å². The molecule has 0 aliphatic rings. The van der Waals surface area contributed by atoms with Crippen molar-refractivity contribution in [3.8, 4) is 0 Å². The first-order chi connectivity index (χ1) is 11.5. The number of carbonyl (C=O) groups is 1. The third-order valence-electron chi connectivity index (χ3n) is 4.38. The van der Waals surface area contributed by atoms with Gasteiger partial charge in [0.05, 0.1) is 6.54 Å². The van der Waals surface area contributed by atoms with E-state index < -0.39 is 0 Å². The maximum Gasteiger partial charge on any atom is 0.290 e. The maximum absolute atomic E-state index is 12.8. The Morgan fingerprint density at radius 3 is 2.83 bits per heavy atom. The number of amides is 1. The molecular weight excluding hydrogens is 302 g/mol. The smallest absolute Gasteiger partial charge is 0.290 e. The van der Waals surface area contributed by atoms with Crippen molar-refractivity contribution in [1.82, 2.24) is 14.5 Å². The Morgan fingerprint density at radius 2 is 2.17 bits per heavy atom. The summed E-state index contributed by atoms with van der Waals surface area (Å²) in [6, 6.07) is 6.16. The van der Waals surface area contributed by atoms with Crippen LogP contribution in [0.4, 0.5) is 0 Å². The van der Waals surface area contributed by atoms with Crippen molar-refractivity contribution in [2.45, 2.75) is 33.2 Å². The summed E-state index contributed by atoms with van der Waals surface area (Å²) in [4.78, 5) is 18.7. The van der Waals surface area contributed by atoms with Crippen LogP contribution < -0.4 is 0 Å². The fourth-order valence-corrected chi connectivity index (χ4v) is 2.92. The van der Waals surface area contributed by atoms with Crippen LogP contribution in [0.5, 0.6) is 0 Å². The summed E-state index contributed by atoms with van der Waals surface area (Å²) in [5, 5.41) is 1.02. The molecule has 0 aliphatic carbocycles. The molecule has 0 spiro atoms. The van der Waals surface area contributed by atoms with Gasteiger partial charge in [-0.25, -0.2) is 4.98 Å². The molecule has 0 fully saturated rings. The number of hydrogen-bond acceptors (Lipinski definition) is 3. The number of imidazole rings is 1. The van der Waals surface area contributed by atoms with Gasteiger partial charge in [0.25, 0.3) is 5.91 Å². The van der Waals surface area contributed by atoms with Gasteiger partial charge in [0, 0.05) is 37.4 Å². The summed E-state index contributed by atoms with van der Waals surface area (Å²) in [5.74, 6) is 1.13. The second kappa shape index (κ2) is 6.51. The average molecular weight is 325 g/mol. The van der Waals surface area contributed by atoms with Crippen molar-refractivity contribution in [3.63, 3.8) is 0 Å². The summed E-state index contributed by atoms with van der Waals surface area (Å²) in [5.41, 5.74) is 2.94. The van der Waals surface area contributed by atoms with Crippen LogP contribution in [-0.4, -0.2) is 27.4 Å². The fraction of sp³-hybridized carbons (Fsp3) is 0.368. The van der Waals surface area contributed by atoms with Gasteiger partial charge in [0.15, 0.2) is 5.76 Å². The number of furan rings is 1. The molecule has 5 nitrogen and oxygen atoms in total. The number of benzene rings is 1. The number of fused-ring (bicyclic) bond motifs is 1. The quantitative estimate of drug-likeness (QED) is 0.719. The van der Waals surface area contributed by atoms with Crippen LogP contribution in [0.3, 0.4) is 0 Å². The molecule has 3 rings (SSSR count). The minimum atomic E-state index is -0.122. The van der Waals surface area contributed by atoms with Crippen molar-refractivity contribution < 1.29 is 9.21 Å². The van der Waals surface area contributed by atoms with E-state index in [1.54, 1.807) is 18.1 Å². The summed E-state index contributed by atoms with van der Waals surface area (Å²) in [7, 11) is 3.69. The van der Waals surface area contributed by atoms with Crippen molar-refractivity contribution in [2.75, 3.05) is 7.05 Å². The van der Waals surface area contributed by atoms with Crippen LogP contribution in [-0.2, 0) is 20.0 Å². The molecule has 2 aromatic heterocycles. The topological polar surface area (TPSA) is 51.3 Å². The molecule has 0 radical (unpaired) electrons. The summed E-state index contributed by atoms with van der Waals surface area (Å²) < 4.78 is 7.75. The molecule has 126 valence electrons. The summed E-state index contributed by atoms with van der Waals surface area (Å²) in [6.45, 7) is 4.55. The molecule has 3 aromatic rings. The second-order valence-corrected chi connectivity index (χ2v) is 6.25. The van der Waals surface area contributed by atoms with Crippen molar-refractivity contribution in [1.29, 1.82) is 0 Å². The molecular formula is C19H23N3O2. The maximum atomic E-state index is 12.8. The Bertz CT molecular complexity index is 876. The van der Waals surface area contributed by atoms with Crippen LogP contribution >= 0.6 is 0 Å². The van der Waals surface area contributed by atoms with Gasteiger partial charge in [0.2, 0.25) is 0 Å². The van der Waals surface area contributed by atoms with E-state index >= 15 is 0 Å². The molecule has 24 heavy (non-hydrogen) atoms. The van der Waals surface area contributed by atoms with Gasteiger partial charge in [-0.3, -0.25) is 4.79 Å². The van der Waals surface area contributed by atoms with Crippen molar-refractivity contribution in [3.05, 3.63) is 53.3 Å². The highest BCUT2D eigenvalue weighted by Crippen LogP contribution is 2.27. The van der Waals surface area contributed by atoms with Crippen LogP contribution in [0.15, 0.2) is 35.0 Å². The Labute approximate surface area is 141 Å². The second-order valence-electron chi connectivity index (χ2n) is 6.25. The monoisotopic (exact) mass is 325 g/mol. The third-order valence-corrected chi connectivity index (χ3v) is 4.38. The van der Waals surface area contributed by atoms with E-state index in [0.717, 1.165) is 35.2 Å². The normalized spacial score (nSPS) is 11.2. The Morgan fingerprint density at radius 1 is 1.38 bits per heavy atom. The number of hydrogen-bond donors (Lipinski definition) is 0.